The Morgan fingerprint density at radius 3 is 2.85 bits per heavy atom. The molecule has 1 heterocycles. The summed E-state index contributed by atoms with van der Waals surface area (Å²) < 4.78 is 1.63. The van der Waals surface area contributed by atoms with Crippen LogP contribution in [0.1, 0.15) is 18.5 Å². The van der Waals surface area contributed by atoms with Gasteiger partial charge in [0.05, 0.1) is 17.3 Å². The Morgan fingerprint density at radius 1 is 1.77 bits per heavy atom. The molecule has 1 aliphatic rings. The van der Waals surface area contributed by atoms with Crippen LogP contribution in [0.25, 0.3) is 0 Å². The van der Waals surface area contributed by atoms with E-state index in [1.54, 1.807) is 17.9 Å². The second kappa shape index (κ2) is 2.55. The number of rotatable bonds is 3. The summed E-state index contributed by atoms with van der Waals surface area (Å²) in [5.74, 6) is -0.700. The summed E-state index contributed by atoms with van der Waals surface area (Å²) in [6, 6.07) is 0. The van der Waals surface area contributed by atoms with E-state index in [2.05, 4.69) is 10.3 Å². The van der Waals surface area contributed by atoms with Crippen molar-refractivity contribution in [3.8, 4) is 0 Å². The van der Waals surface area contributed by atoms with E-state index in [4.69, 9.17) is 5.11 Å². The predicted octanol–water partition coefficient (Wildman–Crippen LogP) is 0.222. The van der Waals surface area contributed by atoms with Crippen molar-refractivity contribution in [2.75, 3.05) is 0 Å². The zero-order chi connectivity index (χ0) is 9.47. The average molecular weight is 181 g/mol. The summed E-state index contributed by atoms with van der Waals surface area (Å²) in [5.41, 5.74) is 0.370. The van der Waals surface area contributed by atoms with Gasteiger partial charge in [-0.15, -0.1) is 5.10 Å². The lowest BCUT2D eigenvalue weighted by Gasteiger charge is -2.07. The Labute approximate surface area is 75.4 Å². The van der Waals surface area contributed by atoms with Crippen LogP contribution in [0.3, 0.4) is 0 Å². The fourth-order valence-corrected chi connectivity index (χ4v) is 1.43. The molecule has 1 aromatic rings. The van der Waals surface area contributed by atoms with Gasteiger partial charge in [-0.2, -0.15) is 0 Å². The van der Waals surface area contributed by atoms with Gasteiger partial charge in [0.1, 0.15) is 0 Å². The highest BCUT2D eigenvalue weighted by atomic mass is 16.4. The molecule has 1 saturated carbocycles. The molecule has 0 aromatic carbocycles. The first-order chi connectivity index (χ1) is 6.14. The first-order valence-electron chi connectivity index (χ1n) is 4.21. The Balaban J connectivity index is 2.15. The number of carboxylic acid groups (broad SMARTS) is 1. The molecule has 0 unspecified atom stereocenters. The number of aryl methyl sites for hydroxylation is 1. The Morgan fingerprint density at radius 2 is 2.46 bits per heavy atom. The standard InChI is InChI=1S/C8H11N3O2/c1-11-6(5-9-10-11)4-8(2-3-8)7(12)13/h5H,2-4H2,1H3,(H,12,13). The van der Waals surface area contributed by atoms with Crippen LogP contribution in [-0.2, 0) is 18.3 Å². The molecular weight excluding hydrogens is 170 g/mol. The molecule has 1 aliphatic carbocycles. The average Bonchev–Trinajstić information content (AvgIpc) is 2.74. The molecule has 2 rings (SSSR count). The quantitative estimate of drug-likeness (QED) is 0.724. The maximum atomic E-state index is 10.9. The summed E-state index contributed by atoms with van der Waals surface area (Å²) in [7, 11) is 1.78. The highest BCUT2D eigenvalue weighted by Gasteiger charge is 2.50. The first kappa shape index (κ1) is 8.22. The summed E-state index contributed by atoms with van der Waals surface area (Å²) in [5, 5.41) is 16.4. The van der Waals surface area contributed by atoms with Crippen molar-refractivity contribution in [3.63, 3.8) is 0 Å². The van der Waals surface area contributed by atoms with Gasteiger partial charge in [0, 0.05) is 13.5 Å². The molecule has 13 heavy (non-hydrogen) atoms. The van der Waals surface area contributed by atoms with E-state index in [9.17, 15) is 4.79 Å². The second-order valence-corrected chi connectivity index (χ2v) is 3.61. The highest BCUT2D eigenvalue weighted by Crippen LogP contribution is 2.48. The minimum Gasteiger partial charge on any atom is -0.481 e. The molecule has 70 valence electrons. The van der Waals surface area contributed by atoms with Crippen molar-refractivity contribution in [3.05, 3.63) is 11.9 Å². The Bertz CT molecular complexity index is 341. The van der Waals surface area contributed by atoms with Gasteiger partial charge in [0.25, 0.3) is 0 Å². The van der Waals surface area contributed by atoms with Gasteiger partial charge in [0.15, 0.2) is 0 Å². The smallest absolute Gasteiger partial charge is 0.310 e. The van der Waals surface area contributed by atoms with Crippen molar-refractivity contribution in [1.29, 1.82) is 0 Å². The van der Waals surface area contributed by atoms with Gasteiger partial charge in [0.2, 0.25) is 0 Å². The lowest BCUT2D eigenvalue weighted by molar-refractivity contribution is -0.143. The molecule has 1 N–H and O–H groups in total. The van der Waals surface area contributed by atoms with Crippen molar-refractivity contribution in [2.45, 2.75) is 19.3 Å². The van der Waals surface area contributed by atoms with E-state index in [1.165, 1.54) is 0 Å². The minimum absolute atomic E-state index is 0.518. The molecular formula is C8H11N3O2. The Hall–Kier alpha value is -1.39. The van der Waals surface area contributed by atoms with E-state index >= 15 is 0 Å². The fourth-order valence-electron chi connectivity index (χ4n) is 1.43. The SMILES string of the molecule is Cn1nncc1CC1(C(=O)O)CC1. The molecule has 0 saturated heterocycles. The molecule has 0 atom stereocenters. The van der Waals surface area contributed by atoms with E-state index in [-0.39, 0.29) is 0 Å². The molecule has 0 radical (unpaired) electrons. The molecule has 0 aliphatic heterocycles. The lowest BCUT2D eigenvalue weighted by Crippen LogP contribution is -2.19. The zero-order valence-electron chi connectivity index (χ0n) is 7.40. The van der Waals surface area contributed by atoms with Gasteiger partial charge >= 0.3 is 5.97 Å². The maximum Gasteiger partial charge on any atom is 0.310 e. The van der Waals surface area contributed by atoms with E-state index < -0.39 is 11.4 Å². The van der Waals surface area contributed by atoms with Crippen LogP contribution in [0.5, 0.6) is 0 Å². The number of hydrogen-bond donors (Lipinski definition) is 1. The molecule has 1 fully saturated rings. The third-order valence-corrected chi connectivity index (χ3v) is 2.63. The number of aromatic nitrogens is 3. The van der Waals surface area contributed by atoms with Crippen LogP contribution in [0.2, 0.25) is 0 Å². The maximum absolute atomic E-state index is 10.9. The topological polar surface area (TPSA) is 68.0 Å². The van der Waals surface area contributed by atoms with Crippen molar-refractivity contribution >= 4 is 5.97 Å². The third-order valence-electron chi connectivity index (χ3n) is 2.63. The molecule has 0 spiro atoms. The Kier molecular flexibility index (Phi) is 1.61. The fraction of sp³-hybridized carbons (Fsp3) is 0.625. The second-order valence-electron chi connectivity index (χ2n) is 3.61. The van der Waals surface area contributed by atoms with Crippen LogP contribution in [0, 0.1) is 5.41 Å². The van der Waals surface area contributed by atoms with Gasteiger partial charge < -0.3 is 5.11 Å². The zero-order valence-corrected chi connectivity index (χ0v) is 7.40. The molecule has 0 bridgehead atoms. The van der Waals surface area contributed by atoms with E-state index in [0.29, 0.717) is 6.42 Å². The van der Waals surface area contributed by atoms with Gasteiger partial charge in [-0.05, 0) is 12.8 Å². The van der Waals surface area contributed by atoms with Crippen LogP contribution >= 0.6 is 0 Å². The monoisotopic (exact) mass is 181 g/mol. The normalized spacial score (nSPS) is 18.5. The third kappa shape index (κ3) is 1.30. The van der Waals surface area contributed by atoms with Crippen molar-refractivity contribution in [2.24, 2.45) is 12.5 Å². The molecule has 5 heteroatoms. The van der Waals surface area contributed by atoms with Crippen LogP contribution in [0.15, 0.2) is 6.20 Å². The number of hydrogen-bond acceptors (Lipinski definition) is 3. The number of carboxylic acids is 1. The summed E-state index contributed by atoms with van der Waals surface area (Å²) in [6.07, 6.45) is 3.72. The van der Waals surface area contributed by atoms with Crippen LogP contribution < -0.4 is 0 Å². The van der Waals surface area contributed by atoms with Crippen LogP contribution in [-0.4, -0.2) is 26.1 Å². The summed E-state index contributed by atoms with van der Waals surface area (Å²) in [4.78, 5) is 10.9. The molecule has 1 aromatic heterocycles. The summed E-state index contributed by atoms with van der Waals surface area (Å²) >= 11 is 0. The lowest BCUT2D eigenvalue weighted by atomic mass is 10.0. The molecule has 0 amide bonds. The highest BCUT2D eigenvalue weighted by molar-refractivity contribution is 5.78. The first-order valence-corrected chi connectivity index (χ1v) is 4.21. The largest absolute Gasteiger partial charge is 0.481 e. The molecule has 5 nitrogen and oxygen atoms in total. The number of carbonyl (C=O) groups is 1. The summed E-state index contributed by atoms with van der Waals surface area (Å²) in [6.45, 7) is 0. The predicted molar refractivity (Wildman–Crippen MR) is 44.0 cm³/mol. The van der Waals surface area contributed by atoms with Gasteiger partial charge in [-0.1, -0.05) is 5.21 Å². The van der Waals surface area contributed by atoms with Crippen LogP contribution in [0.4, 0.5) is 0 Å². The number of aliphatic carboxylic acids is 1. The van der Waals surface area contributed by atoms with Gasteiger partial charge in [-0.25, -0.2) is 0 Å². The van der Waals surface area contributed by atoms with E-state index in [1.807, 2.05) is 0 Å². The number of nitrogens with zero attached hydrogens (tertiary/aromatic N) is 3. The minimum atomic E-state index is -0.700. The van der Waals surface area contributed by atoms with Crippen molar-refractivity contribution < 1.29 is 9.90 Å². The van der Waals surface area contributed by atoms with E-state index in [0.717, 1.165) is 18.5 Å². The van der Waals surface area contributed by atoms with Gasteiger partial charge in [-0.3, -0.25) is 9.48 Å². The van der Waals surface area contributed by atoms with Crippen molar-refractivity contribution in [1.82, 2.24) is 15.0 Å².